The van der Waals surface area contributed by atoms with Crippen molar-refractivity contribution in [3.05, 3.63) is 79.9 Å². The Kier molecular flexibility index (Phi) is 3.82. The molecule has 0 spiro atoms. The summed E-state index contributed by atoms with van der Waals surface area (Å²) in [5, 5.41) is 29.6. The van der Waals surface area contributed by atoms with E-state index in [1.165, 1.54) is 36.7 Å². The van der Waals surface area contributed by atoms with Gasteiger partial charge in [-0.05, 0) is 70.9 Å². The van der Waals surface area contributed by atoms with Gasteiger partial charge >= 0.3 is 0 Å². The van der Waals surface area contributed by atoms with Gasteiger partial charge in [-0.15, -0.1) is 0 Å². The molecule has 0 heterocycles. The summed E-state index contributed by atoms with van der Waals surface area (Å²) < 4.78 is 0. The van der Waals surface area contributed by atoms with Crippen LogP contribution in [0.15, 0.2) is 58.7 Å². The average molecular weight is 486 g/mol. The number of carbonyl (C=O) groups excluding carboxylic acids is 2. The Labute approximate surface area is 202 Å². The van der Waals surface area contributed by atoms with E-state index in [0.717, 1.165) is 0 Å². The summed E-state index contributed by atoms with van der Waals surface area (Å²) in [6, 6.07) is 11.7. The van der Waals surface area contributed by atoms with Gasteiger partial charge in [0, 0.05) is 24.3 Å². The number of non-ortho nitro benzene ring substituents is 2. The molecule has 0 unspecified atom stereocenters. The lowest BCUT2D eigenvalue weighted by atomic mass is 8.92. The van der Waals surface area contributed by atoms with Crippen molar-refractivity contribution >= 4 is 35.6 Å². The van der Waals surface area contributed by atoms with Crippen LogP contribution in [0.2, 0.25) is 0 Å². The summed E-state index contributed by atoms with van der Waals surface area (Å²) in [5.74, 6) is 1.11. The first-order chi connectivity index (χ1) is 17.3. The second-order valence-electron chi connectivity index (χ2n) is 10.1. The summed E-state index contributed by atoms with van der Waals surface area (Å²) in [5.41, 5.74) is 5.75. The molecular formula is C24H18N6O6. The van der Waals surface area contributed by atoms with Crippen molar-refractivity contribution in [2.45, 2.75) is 0 Å². The fraction of sp³-hybridized carbons (Fsp3) is 0.333. The SMILES string of the molecule is O=C(N/N=C\c1ccc([N+](=O)[O-])cc1)C12C3C4C1C1C2C3C41C(=O)N/N=C\c1ccc([N+](=O)[O-])cc1. The molecule has 0 atom stereocenters. The van der Waals surface area contributed by atoms with Crippen LogP contribution in [0.5, 0.6) is 0 Å². The Balaban J connectivity index is 0.952. The Bertz CT molecular complexity index is 1270. The molecule has 2 aromatic rings. The summed E-state index contributed by atoms with van der Waals surface area (Å²) in [4.78, 5) is 46.4. The van der Waals surface area contributed by atoms with Gasteiger partial charge in [0.05, 0.1) is 33.1 Å². The molecule has 12 nitrogen and oxygen atoms in total. The normalized spacial score (nSPS) is 37.0. The van der Waals surface area contributed by atoms with Crippen LogP contribution in [0.25, 0.3) is 0 Å². The summed E-state index contributed by atoms with van der Waals surface area (Å²) in [6.07, 6.45) is 2.92. The molecule has 180 valence electrons. The van der Waals surface area contributed by atoms with Gasteiger partial charge < -0.3 is 0 Å². The molecule has 0 saturated heterocycles. The maximum Gasteiger partial charge on any atom is 0.269 e. The minimum absolute atomic E-state index is 0.0149. The third kappa shape index (κ3) is 2.08. The van der Waals surface area contributed by atoms with E-state index in [1.54, 1.807) is 24.3 Å². The van der Waals surface area contributed by atoms with Gasteiger partial charge in [-0.1, -0.05) is 0 Å². The minimum Gasteiger partial charge on any atom is -0.273 e. The molecule has 12 heteroatoms. The quantitative estimate of drug-likeness (QED) is 0.328. The highest BCUT2D eigenvalue weighted by molar-refractivity contribution is 6.00. The number of amides is 2. The number of rotatable bonds is 8. The van der Waals surface area contributed by atoms with Gasteiger partial charge in [-0.25, -0.2) is 10.9 Å². The zero-order chi connectivity index (χ0) is 25.0. The second-order valence-corrected chi connectivity index (χ2v) is 10.1. The molecule has 6 fully saturated rings. The maximum atomic E-state index is 12.9. The van der Waals surface area contributed by atoms with E-state index in [2.05, 4.69) is 21.1 Å². The summed E-state index contributed by atoms with van der Waals surface area (Å²) in [6.45, 7) is 0. The van der Waals surface area contributed by atoms with Crippen molar-refractivity contribution < 1.29 is 19.4 Å². The first-order valence-electron chi connectivity index (χ1n) is 11.5. The number of carbonyl (C=O) groups is 2. The van der Waals surface area contributed by atoms with Crippen LogP contribution in [0.3, 0.4) is 0 Å². The monoisotopic (exact) mass is 486 g/mol. The van der Waals surface area contributed by atoms with Crippen LogP contribution in [-0.2, 0) is 9.59 Å². The van der Waals surface area contributed by atoms with Crippen LogP contribution >= 0.6 is 0 Å². The molecule has 2 N–H and O–H groups in total. The van der Waals surface area contributed by atoms with E-state index in [-0.39, 0.29) is 58.7 Å². The van der Waals surface area contributed by atoms with Crippen molar-refractivity contribution in [2.24, 2.45) is 56.5 Å². The Morgan fingerprint density at radius 1 is 0.667 bits per heavy atom. The lowest BCUT2D eigenvalue weighted by Crippen LogP contribution is -3.12. The number of benzene rings is 2. The van der Waals surface area contributed by atoms with E-state index >= 15 is 0 Å². The molecular weight excluding hydrogens is 468 g/mol. The van der Waals surface area contributed by atoms with Gasteiger partial charge in [0.15, 0.2) is 0 Å². The molecule has 6 aliphatic carbocycles. The summed E-state index contributed by atoms with van der Waals surface area (Å²) >= 11 is 0. The van der Waals surface area contributed by atoms with E-state index in [4.69, 9.17) is 0 Å². The number of nitro benzene ring substituents is 2. The molecule has 0 radical (unpaired) electrons. The molecule has 2 aromatic carbocycles. The smallest absolute Gasteiger partial charge is 0.269 e. The van der Waals surface area contributed by atoms with Gasteiger partial charge in [0.2, 0.25) is 11.8 Å². The van der Waals surface area contributed by atoms with Crippen molar-refractivity contribution in [3.8, 4) is 0 Å². The lowest BCUT2D eigenvalue weighted by Gasteiger charge is -3.09. The number of hydrazone groups is 2. The predicted octanol–water partition coefficient (Wildman–Crippen LogP) is 1.84. The zero-order valence-electron chi connectivity index (χ0n) is 18.5. The highest BCUT2D eigenvalue weighted by Gasteiger charge is 3.13. The second kappa shape index (κ2) is 6.59. The molecule has 6 aliphatic rings. The van der Waals surface area contributed by atoms with Crippen LogP contribution in [0.1, 0.15) is 11.1 Å². The third-order valence-corrected chi connectivity index (χ3v) is 9.38. The van der Waals surface area contributed by atoms with Gasteiger partial charge in [0.25, 0.3) is 11.4 Å². The van der Waals surface area contributed by atoms with Crippen LogP contribution in [0.4, 0.5) is 11.4 Å². The Morgan fingerprint density at radius 2 is 0.972 bits per heavy atom. The summed E-state index contributed by atoms with van der Waals surface area (Å²) in [7, 11) is 0. The maximum absolute atomic E-state index is 12.9. The van der Waals surface area contributed by atoms with Crippen LogP contribution < -0.4 is 10.9 Å². The van der Waals surface area contributed by atoms with Crippen molar-refractivity contribution in [1.29, 1.82) is 0 Å². The number of nitrogens with zero attached hydrogens (tertiary/aromatic N) is 4. The Hall–Kier alpha value is -4.48. The highest BCUT2D eigenvalue weighted by Crippen LogP contribution is 3.10. The van der Waals surface area contributed by atoms with E-state index < -0.39 is 20.7 Å². The van der Waals surface area contributed by atoms with E-state index in [0.29, 0.717) is 11.1 Å². The van der Waals surface area contributed by atoms with Gasteiger partial charge in [-0.3, -0.25) is 29.8 Å². The van der Waals surface area contributed by atoms with Gasteiger partial charge in [0.1, 0.15) is 0 Å². The number of hydrogen-bond acceptors (Lipinski definition) is 8. The Morgan fingerprint density at radius 3 is 1.25 bits per heavy atom. The number of nitro groups is 2. The first-order valence-corrected chi connectivity index (χ1v) is 11.5. The van der Waals surface area contributed by atoms with Crippen molar-refractivity contribution in [3.63, 3.8) is 0 Å². The molecule has 0 aromatic heterocycles. The molecule has 36 heavy (non-hydrogen) atoms. The van der Waals surface area contributed by atoms with Crippen LogP contribution in [0, 0.1) is 66.6 Å². The lowest BCUT2D eigenvalue weighted by molar-refractivity contribution is -0.624. The van der Waals surface area contributed by atoms with Crippen LogP contribution in [-0.4, -0.2) is 34.1 Å². The molecule has 6 saturated carbocycles. The molecule has 0 bridgehead atoms. The largest absolute Gasteiger partial charge is 0.273 e. The number of hydrogen-bond donors (Lipinski definition) is 2. The molecule has 0 aliphatic heterocycles. The van der Waals surface area contributed by atoms with Crippen molar-refractivity contribution in [1.82, 2.24) is 10.9 Å². The topological polar surface area (TPSA) is 169 Å². The standard InChI is InChI=1S/C24H18N6O6/c31-21(27-25-9-11-1-5-13(6-2-11)29(33)34)23-15-18-16(23)20-17(23)19(15)24(18,20)22(32)28-26-10-12-3-7-14(8-4-12)30(35)36/h1-10,15-20H,(H,27,31)(H,28,32)/b25-9-,26-10-. The first kappa shape index (κ1) is 20.9. The fourth-order valence-corrected chi connectivity index (χ4v) is 8.32. The van der Waals surface area contributed by atoms with Gasteiger partial charge in [-0.2, -0.15) is 10.2 Å². The average Bonchev–Trinajstić information content (AvgIpc) is 2.88. The van der Waals surface area contributed by atoms with E-state index in [9.17, 15) is 29.8 Å². The fourth-order valence-electron chi connectivity index (χ4n) is 8.32. The molecule has 2 amide bonds. The minimum atomic E-state index is -0.479. The molecule has 8 rings (SSSR count). The highest BCUT2D eigenvalue weighted by atomic mass is 16.6. The predicted molar refractivity (Wildman–Crippen MR) is 123 cm³/mol. The van der Waals surface area contributed by atoms with Crippen molar-refractivity contribution in [2.75, 3.05) is 0 Å². The van der Waals surface area contributed by atoms with E-state index in [1.807, 2.05) is 0 Å². The number of nitrogens with one attached hydrogen (secondary N) is 2. The zero-order valence-corrected chi connectivity index (χ0v) is 18.5. The third-order valence-electron chi connectivity index (χ3n) is 9.38.